The second-order valence-electron chi connectivity index (χ2n) is 10.0. The number of esters is 2. The van der Waals surface area contributed by atoms with Gasteiger partial charge in [0.25, 0.3) is 11.8 Å². The van der Waals surface area contributed by atoms with Gasteiger partial charge in [-0.1, -0.05) is 11.2 Å². The summed E-state index contributed by atoms with van der Waals surface area (Å²) in [5.41, 5.74) is 7.24. The second kappa shape index (κ2) is 12.5. The van der Waals surface area contributed by atoms with Crippen LogP contribution in [0.2, 0.25) is 0 Å². The normalized spacial score (nSPS) is 20.7. The van der Waals surface area contributed by atoms with Crippen LogP contribution in [0.15, 0.2) is 33.4 Å². The first kappa shape index (κ1) is 31.0. The number of oxime groups is 1. The van der Waals surface area contributed by atoms with E-state index in [1.165, 1.54) is 23.8 Å². The lowest BCUT2D eigenvalue weighted by Gasteiger charge is -2.49. The summed E-state index contributed by atoms with van der Waals surface area (Å²) >= 11 is 2.44. The Morgan fingerprint density at radius 2 is 2.00 bits per heavy atom. The number of nitrogen functional groups attached to an aromatic ring is 1. The quantitative estimate of drug-likeness (QED) is 0.133. The van der Waals surface area contributed by atoms with Crippen LogP contribution in [0.4, 0.5) is 5.13 Å². The molecule has 1 fully saturated rings. The molecule has 4 heterocycles. The number of carbonyl (C=O) groups is 4. The van der Waals surface area contributed by atoms with Crippen molar-refractivity contribution in [1.82, 2.24) is 20.2 Å². The van der Waals surface area contributed by atoms with Gasteiger partial charge in [0.1, 0.15) is 29.9 Å². The molecule has 0 spiro atoms. The Balaban J connectivity index is 1.60. The summed E-state index contributed by atoms with van der Waals surface area (Å²) in [7, 11) is -0.492. The maximum absolute atomic E-state index is 13.4. The topological polar surface area (TPSA) is 192 Å². The van der Waals surface area contributed by atoms with Gasteiger partial charge in [-0.15, -0.1) is 22.7 Å². The van der Waals surface area contributed by atoms with Crippen molar-refractivity contribution in [3.8, 4) is 0 Å². The Bertz CT molecular complexity index is 1540. The first-order valence-corrected chi connectivity index (χ1v) is 15.5. The lowest BCUT2D eigenvalue weighted by Crippen LogP contribution is -2.74. The maximum atomic E-state index is 13.4. The number of anilines is 1. The van der Waals surface area contributed by atoms with Crippen LogP contribution >= 0.6 is 22.7 Å². The lowest BCUT2D eigenvalue weighted by atomic mass is 9.98. The predicted molar refractivity (Wildman–Crippen MR) is 155 cm³/mol. The van der Waals surface area contributed by atoms with Crippen LogP contribution in [0.3, 0.4) is 0 Å². The average Bonchev–Trinajstić information content (AvgIpc) is 3.55. The van der Waals surface area contributed by atoms with E-state index in [2.05, 4.69) is 20.4 Å². The highest BCUT2D eigenvalue weighted by molar-refractivity contribution is 7.86. The molecular weight excluding hydrogens is 609 g/mol. The molecule has 42 heavy (non-hydrogen) atoms. The third-order valence-electron chi connectivity index (χ3n) is 6.01. The number of aromatic nitrogens is 2. The molecule has 0 aliphatic carbocycles. The molecule has 17 heteroatoms. The fraction of sp³-hybridized carbons (Fsp3) is 0.400. The summed E-state index contributed by atoms with van der Waals surface area (Å²) in [4.78, 5) is 66.6. The molecule has 3 N–H and O–H groups in total. The molecule has 0 aromatic carbocycles. The minimum atomic E-state index is -1.73. The number of nitrogens with one attached hydrogen (secondary N) is 1. The van der Waals surface area contributed by atoms with Crippen molar-refractivity contribution in [2.24, 2.45) is 10.6 Å². The minimum Gasteiger partial charge on any atom is -0.427 e. The first-order valence-electron chi connectivity index (χ1n) is 12.3. The Morgan fingerprint density at radius 1 is 1.26 bits per heavy atom. The van der Waals surface area contributed by atoms with Gasteiger partial charge in [-0.25, -0.2) is 14.8 Å². The van der Waals surface area contributed by atoms with Crippen LogP contribution < -0.4 is 11.1 Å². The van der Waals surface area contributed by atoms with Gasteiger partial charge in [0.05, 0.1) is 33.2 Å². The Labute approximate surface area is 251 Å². The highest BCUT2D eigenvalue weighted by Gasteiger charge is 2.57. The number of thiazole rings is 2. The van der Waals surface area contributed by atoms with Crippen LogP contribution in [0.1, 0.15) is 37.0 Å². The van der Waals surface area contributed by atoms with Crippen molar-refractivity contribution in [2.45, 2.75) is 39.1 Å². The maximum Gasteiger partial charge on any atom is 0.358 e. The molecular formula is C25H28N6O8S3. The van der Waals surface area contributed by atoms with E-state index < -0.39 is 58.2 Å². The van der Waals surface area contributed by atoms with E-state index >= 15 is 0 Å². The summed E-state index contributed by atoms with van der Waals surface area (Å²) in [6.07, 6.45) is 3.27. The van der Waals surface area contributed by atoms with Crippen molar-refractivity contribution in [3.05, 3.63) is 44.5 Å². The van der Waals surface area contributed by atoms with E-state index in [0.717, 1.165) is 26.8 Å². The number of amides is 2. The number of β-lactam (4-membered cyclic amide) rings is 1. The SMILES string of the molecule is CO/N=C(\C(=O)N[C@@H]1C(=O)N2C(C(=O)OCOC(=O)C(C)(C)C)=C(/C=C\c3scnc3C)CS(=O)[C@H]12)c1csc(N)n1. The fourth-order valence-electron chi connectivity index (χ4n) is 3.89. The molecule has 14 nitrogen and oxygen atoms in total. The summed E-state index contributed by atoms with van der Waals surface area (Å²) in [5.74, 6) is -3.19. The van der Waals surface area contributed by atoms with Crippen molar-refractivity contribution in [1.29, 1.82) is 0 Å². The number of nitrogens with two attached hydrogens (primary N) is 1. The van der Waals surface area contributed by atoms with Crippen molar-refractivity contribution < 1.29 is 37.7 Å². The van der Waals surface area contributed by atoms with Gasteiger partial charge in [0.2, 0.25) is 6.79 Å². The minimum absolute atomic E-state index is 0.122. The van der Waals surface area contributed by atoms with E-state index in [0.29, 0.717) is 0 Å². The van der Waals surface area contributed by atoms with Crippen molar-refractivity contribution >= 4 is 74.1 Å². The molecule has 3 atom stereocenters. The Kier molecular flexibility index (Phi) is 9.22. The molecule has 2 amide bonds. The fourth-order valence-corrected chi connectivity index (χ4v) is 6.78. The van der Waals surface area contributed by atoms with Gasteiger partial charge < -0.3 is 25.4 Å². The molecule has 1 unspecified atom stereocenters. The molecule has 0 saturated carbocycles. The van der Waals surface area contributed by atoms with Crippen molar-refractivity contribution in [2.75, 3.05) is 25.4 Å². The standard InChI is InChI=1S/C25H28N6O8S3/c1-12-15(41-10-27-12)7-6-13-9-42(36)21-17(29-19(32)16(30-37-5)14-8-40-24(26)28-14)20(33)31(21)18(13)22(34)38-11-39-23(35)25(2,3)4/h6-8,10,17,21H,9,11H2,1-5H3,(H2,26,28)(H,29,32)/b7-6-,30-16-/t17-,21-,42?/m1/s1. The van der Waals surface area contributed by atoms with E-state index in [-0.39, 0.29) is 33.6 Å². The Morgan fingerprint density at radius 3 is 2.60 bits per heavy atom. The first-order chi connectivity index (χ1) is 19.8. The molecule has 4 rings (SSSR count). The zero-order chi connectivity index (χ0) is 30.8. The smallest absolute Gasteiger partial charge is 0.358 e. The van der Waals surface area contributed by atoms with Gasteiger partial charge in [0, 0.05) is 10.3 Å². The van der Waals surface area contributed by atoms with Gasteiger partial charge in [-0.05, 0) is 39.3 Å². The number of hydrogen-bond acceptors (Lipinski definition) is 14. The molecule has 0 bridgehead atoms. The zero-order valence-corrected chi connectivity index (χ0v) is 25.7. The Hall–Kier alpha value is -3.96. The summed E-state index contributed by atoms with van der Waals surface area (Å²) < 4.78 is 23.6. The molecule has 2 aliphatic rings. The predicted octanol–water partition coefficient (Wildman–Crippen LogP) is 1.31. The third-order valence-corrected chi connectivity index (χ3v) is 9.20. The summed E-state index contributed by atoms with van der Waals surface area (Å²) in [6.45, 7) is 6.05. The van der Waals surface area contributed by atoms with Gasteiger partial charge >= 0.3 is 11.9 Å². The molecule has 0 radical (unpaired) electrons. The van der Waals surface area contributed by atoms with E-state index in [4.69, 9.17) is 20.0 Å². The summed E-state index contributed by atoms with van der Waals surface area (Å²) in [5, 5.41) is 6.83. The van der Waals surface area contributed by atoms with Crippen LogP contribution in [0, 0.1) is 12.3 Å². The third kappa shape index (κ3) is 6.42. The van der Waals surface area contributed by atoms with Crippen LogP contribution in [-0.4, -0.2) is 79.6 Å². The monoisotopic (exact) mass is 636 g/mol. The second-order valence-corrected chi connectivity index (χ2v) is 13.3. The van der Waals surface area contributed by atoms with Gasteiger partial charge in [0.15, 0.2) is 10.8 Å². The highest BCUT2D eigenvalue weighted by Crippen LogP contribution is 2.36. The number of aryl methyl sites for hydroxylation is 1. The number of allylic oxidation sites excluding steroid dienone is 1. The number of hydrogen-bond donors (Lipinski definition) is 2. The largest absolute Gasteiger partial charge is 0.427 e. The van der Waals surface area contributed by atoms with E-state index in [1.807, 2.05) is 6.92 Å². The molecule has 2 aliphatic heterocycles. The van der Waals surface area contributed by atoms with Gasteiger partial charge in [-0.3, -0.25) is 23.5 Å². The molecule has 1 saturated heterocycles. The van der Waals surface area contributed by atoms with Gasteiger partial charge in [-0.2, -0.15) is 0 Å². The lowest BCUT2D eigenvalue weighted by molar-refractivity contribution is -0.173. The number of ether oxygens (including phenoxy) is 2. The summed E-state index contributed by atoms with van der Waals surface area (Å²) in [6, 6.07) is -1.24. The number of rotatable bonds is 9. The number of carbonyl (C=O) groups excluding carboxylic acids is 4. The molecule has 2 aromatic rings. The molecule has 2 aromatic heterocycles. The van der Waals surface area contributed by atoms with Crippen LogP contribution in [0.25, 0.3) is 6.08 Å². The van der Waals surface area contributed by atoms with Crippen LogP contribution in [0.5, 0.6) is 0 Å². The number of nitrogens with zero attached hydrogens (tertiary/aromatic N) is 4. The highest BCUT2D eigenvalue weighted by atomic mass is 32.2. The van der Waals surface area contributed by atoms with E-state index in [9.17, 15) is 23.4 Å². The van der Waals surface area contributed by atoms with E-state index in [1.54, 1.807) is 38.4 Å². The molecule has 224 valence electrons. The number of fused-ring (bicyclic) bond motifs is 1. The van der Waals surface area contributed by atoms with Crippen molar-refractivity contribution in [3.63, 3.8) is 0 Å². The zero-order valence-electron chi connectivity index (χ0n) is 23.2. The van der Waals surface area contributed by atoms with Crippen LogP contribution in [-0.2, 0) is 44.3 Å². The average molecular weight is 637 g/mol.